The van der Waals surface area contributed by atoms with E-state index < -0.39 is 30.4 Å². The molecule has 8 nitrogen and oxygen atoms in total. The maximum atomic E-state index is 12.7. The van der Waals surface area contributed by atoms with Crippen molar-refractivity contribution in [2.45, 2.75) is 51.2 Å². The van der Waals surface area contributed by atoms with Crippen LogP contribution in [0.25, 0.3) is 0 Å². The minimum absolute atomic E-state index is 0.0571. The Morgan fingerprint density at radius 2 is 2.07 bits per heavy atom. The van der Waals surface area contributed by atoms with E-state index in [1.165, 1.54) is 4.90 Å². The third-order valence-electron chi connectivity index (χ3n) is 4.62. The molecule has 1 aromatic carbocycles. The van der Waals surface area contributed by atoms with Crippen LogP contribution in [-0.4, -0.2) is 54.4 Å². The smallest absolute Gasteiger partial charge is 0.410 e. The van der Waals surface area contributed by atoms with Crippen molar-refractivity contribution in [1.29, 1.82) is 0 Å². The SMILES string of the molecule is CCOC1OC(=O)C[C@@H]1NC(=O)[C@@H]1CCCN1C(=O)OCc1ccccc1. The predicted molar refractivity (Wildman–Crippen MR) is 94.4 cm³/mol. The van der Waals surface area contributed by atoms with Crippen molar-refractivity contribution < 1.29 is 28.6 Å². The van der Waals surface area contributed by atoms with Gasteiger partial charge in [0.15, 0.2) is 0 Å². The highest BCUT2D eigenvalue weighted by molar-refractivity contribution is 5.87. The molecule has 8 heteroatoms. The van der Waals surface area contributed by atoms with E-state index in [-0.39, 0.29) is 18.9 Å². The average Bonchev–Trinajstić information content (AvgIpc) is 3.28. The number of hydrogen-bond donors (Lipinski definition) is 1. The molecule has 2 heterocycles. The number of ether oxygens (including phenoxy) is 3. The van der Waals surface area contributed by atoms with E-state index in [4.69, 9.17) is 14.2 Å². The first-order valence-electron chi connectivity index (χ1n) is 9.17. The number of rotatable bonds is 6. The number of nitrogens with one attached hydrogen (secondary N) is 1. The Morgan fingerprint density at radius 3 is 2.81 bits per heavy atom. The molecule has 0 saturated carbocycles. The van der Waals surface area contributed by atoms with Gasteiger partial charge >= 0.3 is 12.1 Å². The van der Waals surface area contributed by atoms with E-state index in [1.807, 2.05) is 30.3 Å². The molecular formula is C19H24N2O6. The Kier molecular flexibility index (Phi) is 6.28. The van der Waals surface area contributed by atoms with Gasteiger partial charge < -0.3 is 19.5 Å². The van der Waals surface area contributed by atoms with Crippen LogP contribution in [0.4, 0.5) is 4.79 Å². The fraction of sp³-hybridized carbons (Fsp3) is 0.526. The van der Waals surface area contributed by atoms with Crippen LogP contribution < -0.4 is 5.32 Å². The highest BCUT2D eigenvalue weighted by Crippen LogP contribution is 2.21. The van der Waals surface area contributed by atoms with E-state index in [0.717, 1.165) is 5.56 Å². The van der Waals surface area contributed by atoms with Crippen molar-refractivity contribution in [2.75, 3.05) is 13.2 Å². The molecule has 27 heavy (non-hydrogen) atoms. The van der Waals surface area contributed by atoms with Crippen LogP contribution in [-0.2, 0) is 30.4 Å². The summed E-state index contributed by atoms with van der Waals surface area (Å²) in [4.78, 5) is 38.0. The van der Waals surface area contributed by atoms with Crippen LogP contribution in [0.15, 0.2) is 30.3 Å². The van der Waals surface area contributed by atoms with Crippen molar-refractivity contribution in [3.8, 4) is 0 Å². The van der Waals surface area contributed by atoms with Crippen molar-refractivity contribution in [3.05, 3.63) is 35.9 Å². The van der Waals surface area contributed by atoms with Gasteiger partial charge in [0.25, 0.3) is 0 Å². The summed E-state index contributed by atoms with van der Waals surface area (Å²) in [5.74, 6) is -0.735. The van der Waals surface area contributed by atoms with Gasteiger partial charge in [-0.25, -0.2) is 4.79 Å². The Morgan fingerprint density at radius 1 is 1.30 bits per heavy atom. The first-order valence-corrected chi connectivity index (χ1v) is 9.17. The fourth-order valence-electron chi connectivity index (χ4n) is 3.31. The number of benzene rings is 1. The summed E-state index contributed by atoms with van der Waals surface area (Å²) in [5.41, 5.74) is 0.882. The molecule has 146 valence electrons. The first-order chi connectivity index (χ1) is 13.1. The number of nitrogens with zero attached hydrogens (tertiary/aromatic N) is 1. The van der Waals surface area contributed by atoms with Crippen LogP contribution >= 0.6 is 0 Å². The van der Waals surface area contributed by atoms with Gasteiger partial charge in [-0.1, -0.05) is 30.3 Å². The molecule has 0 bridgehead atoms. The molecule has 0 radical (unpaired) electrons. The van der Waals surface area contributed by atoms with Gasteiger partial charge in [-0.15, -0.1) is 0 Å². The first kappa shape index (κ1) is 19.2. The van der Waals surface area contributed by atoms with E-state index >= 15 is 0 Å². The number of cyclic esters (lactones) is 1. The van der Waals surface area contributed by atoms with Crippen LogP contribution in [0.5, 0.6) is 0 Å². The summed E-state index contributed by atoms with van der Waals surface area (Å²) in [6, 6.07) is 8.20. The minimum atomic E-state index is -0.786. The highest BCUT2D eigenvalue weighted by atomic mass is 16.7. The predicted octanol–water partition coefficient (Wildman–Crippen LogP) is 1.58. The summed E-state index contributed by atoms with van der Waals surface area (Å²) < 4.78 is 15.7. The molecule has 1 aromatic rings. The van der Waals surface area contributed by atoms with Crippen molar-refractivity contribution in [2.24, 2.45) is 0 Å². The average molecular weight is 376 g/mol. The fourth-order valence-corrected chi connectivity index (χ4v) is 3.31. The highest BCUT2D eigenvalue weighted by Gasteiger charge is 2.41. The van der Waals surface area contributed by atoms with E-state index in [2.05, 4.69) is 5.32 Å². The molecule has 0 aliphatic carbocycles. The lowest BCUT2D eigenvalue weighted by Crippen LogP contribution is -2.51. The van der Waals surface area contributed by atoms with Gasteiger partial charge in [0.2, 0.25) is 12.2 Å². The molecular weight excluding hydrogens is 352 g/mol. The monoisotopic (exact) mass is 376 g/mol. The van der Waals surface area contributed by atoms with Crippen molar-refractivity contribution in [3.63, 3.8) is 0 Å². The summed E-state index contributed by atoms with van der Waals surface area (Å²) >= 11 is 0. The summed E-state index contributed by atoms with van der Waals surface area (Å²) in [6.07, 6.45) is 0.0188. The lowest BCUT2D eigenvalue weighted by Gasteiger charge is -2.25. The van der Waals surface area contributed by atoms with E-state index in [9.17, 15) is 14.4 Å². The van der Waals surface area contributed by atoms with Crippen LogP contribution in [0.2, 0.25) is 0 Å². The standard InChI is InChI=1S/C19H24N2O6/c1-2-25-18-14(11-16(22)27-18)20-17(23)15-9-6-10-21(15)19(24)26-12-13-7-4-3-5-8-13/h3-5,7-8,14-15,18H,2,6,9-12H2,1H3,(H,20,23)/t14-,15-,18?/m0/s1. The van der Waals surface area contributed by atoms with E-state index in [1.54, 1.807) is 6.92 Å². The molecule has 2 amide bonds. The second-order valence-corrected chi connectivity index (χ2v) is 6.52. The van der Waals surface area contributed by atoms with Gasteiger partial charge in [-0.3, -0.25) is 14.5 Å². The second kappa shape index (κ2) is 8.85. The zero-order chi connectivity index (χ0) is 19.2. The topological polar surface area (TPSA) is 94.2 Å². The molecule has 3 atom stereocenters. The van der Waals surface area contributed by atoms with Crippen LogP contribution in [0, 0.1) is 0 Å². The lowest BCUT2D eigenvalue weighted by molar-refractivity contribution is -0.164. The summed E-state index contributed by atoms with van der Waals surface area (Å²) in [5, 5.41) is 2.79. The Bertz CT molecular complexity index is 680. The van der Waals surface area contributed by atoms with Gasteiger partial charge in [0, 0.05) is 13.2 Å². The maximum absolute atomic E-state index is 12.7. The molecule has 0 aromatic heterocycles. The zero-order valence-electron chi connectivity index (χ0n) is 15.3. The van der Waals surface area contributed by atoms with E-state index in [0.29, 0.717) is 26.0 Å². The van der Waals surface area contributed by atoms with Crippen molar-refractivity contribution >= 4 is 18.0 Å². The molecule has 0 spiro atoms. The summed E-state index contributed by atoms with van der Waals surface area (Å²) in [7, 11) is 0. The largest absolute Gasteiger partial charge is 0.445 e. The molecule has 2 aliphatic heterocycles. The number of carbonyl (C=O) groups excluding carboxylic acids is 3. The lowest BCUT2D eigenvalue weighted by atomic mass is 10.1. The summed E-state index contributed by atoms with van der Waals surface area (Å²) in [6.45, 7) is 2.76. The molecule has 1 unspecified atom stereocenters. The third kappa shape index (κ3) is 4.77. The van der Waals surface area contributed by atoms with Gasteiger partial charge in [-0.2, -0.15) is 0 Å². The number of carbonyl (C=O) groups is 3. The molecule has 2 aliphatic rings. The molecule has 2 saturated heterocycles. The number of likely N-dealkylation sites (tertiary alicyclic amines) is 1. The Balaban J connectivity index is 1.55. The minimum Gasteiger partial charge on any atom is -0.445 e. The molecule has 2 fully saturated rings. The Labute approximate surface area is 157 Å². The normalized spacial score (nSPS) is 24.6. The quantitative estimate of drug-likeness (QED) is 0.758. The van der Waals surface area contributed by atoms with Gasteiger partial charge in [0.05, 0.1) is 6.42 Å². The maximum Gasteiger partial charge on any atom is 0.410 e. The number of hydrogen-bond acceptors (Lipinski definition) is 6. The molecule has 1 N–H and O–H groups in total. The van der Waals surface area contributed by atoms with Crippen LogP contribution in [0.1, 0.15) is 31.7 Å². The second-order valence-electron chi connectivity index (χ2n) is 6.52. The molecule has 3 rings (SSSR count). The Hall–Kier alpha value is -2.61. The zero-order valence-corrected chi connectivity index (χ0v) is 15.3. The van der Waals surface area contributed by atoms with Crippen molar-refractivity contribution in [1.82, 2.24) is 10.2 Å². The number of amides is 2. The third-order valence-corrected chi connectivity index (χ3v) is 4.62. The number of esters is 1. The van der Waals surface area contributed by atoms with Gasteiger partial charge in [-0.05, 0) is 25.3 Å². The van der Waals surface area contributed by atoms with Gasteiger partial charge in [0.1, 0.15) is 18.7 Å². The van der Waals surface area contributed by atoms with Crippen LogP contribution in [0.3, 0.4) is 0 Å².